The number of fused-ring (bicyclic) bond motifs is 3. The molecular formula is C68H61NO2. The smallest absolute Gasteiger partial charge is 0.193 e. The van der Waals surface area contributed by atoms with Gasteiger partial charge in [-0.25, -0.2) is 0 Å². The summed E-state index contributed by atoms with van der Waals surface area (Å²) >= 11 is 0. The highest BCUT2D eigenvalue weighted by Gasteiger charge is 2.13. The molecule has 9 rings (SSSR count). The Morgan fingerprint density at radius 3 is 1.03 bits per heavy atom. The molecule has 8 aromatic carbocycles. The maximum Gasteiger partial charge on any atom is 0.193 e. The average molecular weight is 924 g/mol. The molecule has 0 saturated heterocycles. The second-order valence-electron chi connectivity index (χ2n) is 18.7. The number of unbranched alkanes of at least 4 members (excludes halogenated alkanes) is 11. The maximum atomic E-state index is 12.9. The van der Waals surface area contributed by atoms with Crippen LogP contribution < -0.4 is 0 Å². The number of aryl methyl sites for hydroxylation is 1. The number of carbonyl (C=O) groups excluding carboxylic acids is 2. The van der Waals surface area contributed by atoms with E-state index < -0.39 is 0 Å². The lowest BCUT2D eigenvalue weighted by Gasteiger charge is -2.08. The molecule has 0 spiro atoms. The summed E-state index contributed by atoms with van der Waals surface area (Å²) in [7, 11) is 0. The van der Waals surface area contributed by atoms with Gasteiger partial charge in [-0.2, -0.15) is 0 Å². The zero-order chi connectivity index (χ0) is 48.6. The van der Waals surface area contributed by atoms with E-state index in [0.29, 0.717) is 22.3 Å². The van der Waals surface area contributed by atoms with Gasteiger partial charge in [-0.1, -0.05) is 235 Å². The van der Waals surface area contributed by atoms with Crippen molar-refractivity contribution in [2.24, 2.45) is 0 Å². The van der Waals surface area contributed by atoms with Crippen LogP contribution in [-0.2, 0) is 6.54 Å². The first kappa shape index (κ1) is 48.1. The third-order valence-electron chi connectivity index (χ3n) is 13.6. The molecule has 1 heterocycles. The summed E-state index contributed by atoms with van der Waals surface area (Å²) < 4.78 is 2.50. The summed E-state index contributed by atoms with van der Waals surface area (Å²) in [5.41, 5.74) is 13.3. The zero-order valence-electron chi connectivity index (χ0n) is 40.9. The number of hydrogen-bond donors (Lipinski definition) is 0. The number of rotatable bonds is 19. The molecule has 0 amide bonds. The summed E-state index contributed by atoms with van der Waals surface area (Å²) in [6.07, 6.45) is 16.0. The van der Waals surface area contributed by atoms with Crippen molar-refractivity contribution in [1.29, 1.82) is 0 Å². The Labute approximate surface area is 420 Å². The van der Waals surface area contributed by atoms with Crippen LogP contribution in [0.5, 0.6) is 0 Å². The quantitative estimate of drug-likeness (QED) is 0.0460. The Morgan fingerprint density at radius 2 is 0.648 bits per heavy atom. The predicted octanol–water partition coefficient (Wildman–Crippen LogP) is 17.1. The van der Waals surface area contributed by atoms with Crippen LogP contribution in [0.4, 0.5) is 0 Å². The first-order chi connectivity index (χ1) is 35.0. The Bertz CT molecular complexity index is 3120. The van der Waals surface area contributed by atoms with Crippen LogP contribution in [0, 0.1) is 23.7 Å². The third kappa shape index (κ3) is 12.4. The second-order valence-corrected chi connectivity index (χ2v) is 18.7. The molecule has 71 heavy (non-hydrogen) atoms. The van der Waals surface area contributed by atoms with Gasteiger partial charge in [0, 0.05) is 72.9 Å². The molecule has 3 nitrogen and oxygen atoms in total. The minimum atomic E-state index is 0.0250. The van der Waals surface area contributed by atoms with E-state index in [0.717, 1.165) is 57.5 Å². The number of ketones is 2. The van der Waals surface area contributed by atoms with Gasteiger partial charge >= 0.3 is 0 Å². The van der Waals surface area contributed by atoms with Crippen LogP contribution in [0.1, 0.15) is 138 Å². The molecule has 0 unspecified atom stereocenters. The first-order valence-electron chi connectivity index (χ1n) is 25.7. The highest BCUT2D eigenvalue weighted by atomic mass is 16.1. The monoisotopic (exact) mass is 923 g/mol. The molecule has 0 aliphatic heterocycles. The van der Waals surface area contributed by atoms with Crippen molar-refractivity contribution in [3.63, 3.8) is 0 Å². The molecule has 0 bridgehead atoms. The Kier molecular flexibility index (Phi) is 16.3. The molecule has 1 aromatic heterocycles. The molecule has 9 aromatic rings. The topological polar surface area (TPSA) is 39.1 Å². The fraction of sp³-hybridized carbons (Fsp3) is 0.206. The van der Waals surface area contributed by atoms with Crippen molar-refractivity contribution in [3.8, 4) is 45.9 Å². The van der Waals surface area contributed by atoms with Gasteiger partial charge in [0.05, 0.1) is 0 Å². The Balaban J connectivity index is 0.902. The van der Waals surface area contributed by atoms with Crippen molar-refractivity contribution < 1.29 is 9.59 Å². The van der Waals surface area contributed by atoms with E-state index in [1.54, 1.807) is 0 Å². The Morgan fingerprint density at radius 1 is 0.338 bits per heavy atom. The van der Waals surface area contributed by atoms with E-state index in [9.17, 15) is 9.59 Å². The highest BCUT2D eigenvalue weighted by Crippen LogP contribution is 2.32. The molecule has 0 aliphatic rings. The number of aromatic nitrogens is 1. The normalized spacial score (nSPS) is 10.9. The van der Waals surface area contributed by atoms with Gasteiger partial charge in [-0.15, -0.1) is 0 Å². The average Bonchev–Trinajstić information content (AvgIpc) is 3.74. The molecule has 0 saturated carbocycles. The van der Waals surface area contributed by atoms with Gasteiger partial charge in [0.1, 0.15) is 0 Å². The molecule has 0 N–H and O–H groups in total. The van der Waals surface area contributed by atoms with Gasteiger partial charge < -0.3 is 4.57 Å². The van der Waals surface area contributed by atoms with E-state index in [-0.39, 0.29) is 11.6 Å². The largest absolute Gasteiger partial charge is 0.340 e. The van der Waals surface area contributed by atoms with Crippen LogP contribution in [0.2, 0.25) is 0 Å². The van der Waals surface area contributed by atoms with Gasteiger partial charge in [0.25, 0.3) is 0 Å². The fourth-order valence-electron chi connectivity index (χ4n) is 9.53. The van der Waals surface area contributed by atoms with Crippen molar-refractivity contribution in [3.05, 3.63) is 239 Å². The molecular weight excluding hydrogens is 863 g/mol. The third-order valence-corrected chi connectivity index (χ3v) is 13.6. The second kappa shape index (κ2) is 24.0. The summed E-state index contributed by atoms with van der Waals surface area (Å²) in [6, 6.07) is 64.4. The van der Waals surface area contributed by atoms with E-state index in [1.165, 1.54) is 92.4 Å². The minimum absolute atomic E-state index is 0.0250. The van der Waals surface area contributed by atoms with Crippen LogP contribution in [0.25, 0.3) is 44.1 Å². The lowest BCUT2D eigenvalue weighted by molar-refractivity contribution is 0.103. The SMILES string of the molecule is CCCCCCCCCCCCCCn1c2ccc(C#Cc3ccc(-c4ccc(C(=O)c5ccccc5)cc4)cc3)cc2c2cc(C#Cc3ccc(-c4ccc(C(=O)c5ccccc5)cc4)cc3)ccc21. The van der Waals surface area contributed by atoms with Gasteiger partial charge in [0.15, 0.2) is 11.6 Å². The minimum Gasteiger partial charge on any atom is -0.340 e. The number of carbonyl (C=O) groups is 2. The number of nitrogens with zero attached hydrogens (tertiary/aromatic N) is 1. The van der Waals surface area contributed by atoms with E-state index in [4.69, 9.17) is 0 Å². The summed E-state index contributed by atoms with van der Waals surface area (Å²) in [5, 5.41) is 2.39. The molecule has 350 valence electrons. The Hall–Kier alpha value is -7.98. The predicted molar refractivity (Wildman–Crippen MR) is 296 cm³/mol. The molecule has 0 aliphatic carbocycles. The molecule has 0 fully saturated rings. The highest BCUT2D eigenvalue weighted by molar-refractivity contribution is 6.10. The lowest BCUT2D eigenvalue weighted by atomic mass is 9.99. The van der Waals surface area contributed by atoms with Gasteiger partial charge in [0.2, 0.25) is 0 Å². The van der Waals surface area contributed by atoms with Crippen LogP contribution in [0.3, 0.4) is 0 Å². The van der Waals surface area contributed by atoms with E-state index in [1.807, 2.05) is 109 Å². The fourth-order valence-corrected chi connectivity index (χ4v) is 9.53. The van der Waals surface area contributed by atoms with Crippen molar-refractivity contribution in [2.75, 3.05) is 0 Å². The van der Waals surface area contributed by atoms with Crippen LogP contribution >= 0.6 is 0 Å². The van der Waals surface area contributed by atoms with Crippen LogP contribution in [0.15, 0.2) is 194 Å². The zero-order valence-corrected chi connectivity index (χ0v) is 40.9. The van der Waals surface area contributed by atoms with Crippen LogP contribution in [-0.4, -0.2) is 16.1 Å². The standard InChI is InChI=1S/C68H61NO2/c1-2-3-4-5-6-7-8-9-10-11-12-19-48-69-65-46-32-53(26-24-51-28-34-55(35-29-51)57-38-42-61(43-39-57)67(70)59-20-15-13-16-21-59)49-63(65)64-50-54(33-47-66(64)69)27-25-52-30-36-56(37-31-52)58-40-44-62(45-41-58)68(71)60-22-17-14-18-23-60/h13-18,20-23,28-47,49-50H,2-12,19,48H2,1H3. The molecule has 0 atom stereocenters. The molecule has 3 heteroatoms. The maximum absolute atomic E-state index is 12.9. The van der Waals surface area contributed by atoms with E-state index in [2.05, 4.69) is 120 Å². The number of hydrogen-bond acceptors (Lipinski definition) is 2. The summed E-state index contributed by atoms with van der Waals surface area (Å²) in [4.78, 5) is 25.9. The summed E-state index contributed by atoms with van der Waals surface area (Å²) in [5.74, 6) is 13.8. The van der Waals surface area contributed by atoms with E-state index >= 15 is 0 Å². The molecule has 0 radical (unpaired) electrons. The van der Waals surface area contributed by atoms with Gasteiger partial charge in [-0.05, 0) is 89.3 Å². The van der Waals surface area contributed by atoms with Gasteiger partial charge in [-0.3, -0.25) is 9.59 Å². The lowest BCUT2D eigenvalue weighted by Crippen LogP contribution is -2.00. The first-order valence-corrected chi connectivity index (χ1v) is 25.7. The van der Waals surface area contributed by atoms with Crippen molar-refractivity contribution >= 4 is 33.4 Å². The van der Waals surface area contributed by atoms with Crippen molar-refractivity contribution in [2.45, 2.75) is 90.5 Å². The number of benzene rings is 8. The summed E-state index contributed by atoms with van der Waals surface area (Å²) in [6.45, 7) is 3.26. The van der Waals surface area contributed by atoms with Crippen molar-refractivity contribution in [1.82, 2.24) is 4.57 Å².